The van der Waals surface area contributed by atoms with Gasteiger partial charge in [-0.05, 0) is 31.2 Å². The number of aryl methyl sites for hydroxylation is 1. The molecule has 0 radical (unpaired) electrons. The molecule has 0 aliphatic rings. The number of carbonyl (C=O) groups is 1. The first-order valence-corrected chi connectivity index (χ1v) is 7.93. The van der Waals surface area contributed by atoms with Crippen LogP contribution in [0.5, 0.6) is 0 Å². The van der Waals surface area contributed by atoms with Crippen molar-refractivity contribution in [3.8, 4) is 10.8 Å². The minimum Gasteiger partial charge on any atom is -0.440 e. The van der Waals surface area contributed by atoms with Gasteiger partial charge in [-0.3, -0.25) is 4.79 Å². The maximum atomic E-state index is 11.9. The molecule has 2 aromatic rings. The van der Waals surface area contributed by atoms with E-state index in [1.54, 1.807) is 11.3 Å². The number of rotatable bonds is 7. The predicted molar refractivity (Wildman–Crippen MR) is 82.2 cm³/mol. The number of aliphatic hydroxyl groups is 1. The largest absolute Gasteiger partial charge is 0.440 e. The van der Waals surface area contributed by atoms with E-state index < -0.39 is 0 Å². The molecule has 0 spiro atoms. The first kappa shape index (κ1) is 15.7. The number of aromatic nitrogens is 1. The topological polar surface area (TPSA) is 75.4 Å². The van der Waals surface area contributed by atoms with Crippen LogP contribution >= 0.6 is 11.3 Å². The fraction of sp³-hybridized carbons (Fsp3) is 0.467. The Labute approximate surface area is 128 Å². The summed E-state index contributed by atoms with van der Waals surface area (Å²) in [5.74, 6) is 1.13. The van der Waals surface area contributed by atoms with Crippen molar-refractivity contribution in [2.24, 2.45) is 0 Å². The Morgan fingerprint density at radius 3 is 3.05 bits per heavy atom. The van der Waals surface area contributed by atoms with Gasteiger partial charge in [0.25, 0.3) is 0 Å². The van der Waals surface area contributed by atoms with Gasteiger partial charge < -0.3 is 14.8 Å². The van der Waals surface area contributed by atoms with Crippen molar-refractivity contribution in [1.29, 1.82) is 0 Å². The van der Waals surface area contributed by atoms with E-state index >= 15 is 0 Å². The number of thiophene rings is 1. The lowest BCUT2D eigenvalue weighted by Crippen LogP contribution is -2.28. The summed E-state index contributed by atoms with van der Waals surface area (Å²) >= 11 is 1.55. The number of nitrogens with zero attached hydrogens (tertiary/aromatic N) is 1. The Morgan fingerprint density at radius 2 is 2.38 bits per heavy atom. The molecule has 2 aromatic heterocycles. The Balaban J connectivity index is 1.89. The summed E-state index contributed by atoms with van der Waals surface area (Å²) in [6, 6.07) is 3.87. The van der Waals surface area contributed by atoms with Crippen molar-refractivity contribution in [3.05, 3.63) is 29.0 Å². The molecule has 1 unspecified atom stereocenters. The molecule has 0 saturated heterocycles. The van der Waals surface area contributed by atoms with E-state index in [0.29, 0.717) is 36.7 Å². The van der Waals surface area contributed by atoms with Crippen molar-refractivity contribution in [2.45, 2.75) is 39.2 Å². The van der Waals surface area contributed by atoms with Gasteiger partial charge in [0.1, 0.15) is 5.76 Å². The van der Waals surface area contributed by atoms with Crippen LogP contribution in [0.15, 0.2) is 21.9 Å². The standard InChI is InChI=1S/C15H20N2O3S/c1-3-11(18)6-7-16-14(19)9-12-10(2)20-15(17-12)13-5-4-8-21-13/h4-5,8,11,18H,3,6-7,9H2,1-2H3,(H,16,19). The van der Waals surface area contributed by atoms with E-state index in [0.717, 1.165) is 4.88 Å². The van der Waals surface area contributed by atoms with Gasteiger partial charge in [-0.25, -0.2) is 4.98 Å². The number of aliphatic hydroxyl groups excluding tert-OH is 1. The van der Waals surface area contributed by atoms with E-state index in [9.17, 15) is 9.90 Å². The maximum Gasteiger partial charge on any atom is 0.236 e. The molecule has 0 saturated carbocycles. The van der Waals surface area contributed by atoms with Crippen molar-refractivity contribution < 1.29 is 14.3 Å². The first-order valence-electron chi connectivity index (χ1n) is 7.05. The Morgan fingerprint density at radius 1 is 1.57 bits per heavy atom. The van der Waals surface area contributed by atoms with Crippen LogP contribution in [-0.2, 0) is 11.2 Å². The molecule has 2 N–H and O–H groups in total. The van der Waals surface area contributed by atoms with Crippen LogP contribution in [0.2, 0.25) is 0 Å². The van der Waals surface area contributed by atoms with Gasteiger partial charge in [-0.2, -0.15) is 0 Å². The third-order valence-electron chi connectivity index (χ3n) is 3.22. The number of hydrogen-bond acceptors (Lipinski definition) is 5. The van der Waals surface area contributed by atoms with Gasteiger partial charge in [0.05, 0.1) is 23.1 Å². The van der Waals surface area contributed by atoms with Gasteiger partial charge in [0, 0.05) is 6.54 Å². The number of oxazole rings is 1. The molecule has 0 bridgehead atoms. The normalized spacial score (nSPS) is 12.3. The van der Waals surface area contributed by atoms with Crippen LogP contribution in [0.25, 0.3) is 10.8 Å². The Hall–Kier alpha value is -1.66. The summed E-state index contributed by atoms with van der Waals surface area (Å²) < 4.78 is 5.60. The summed E-state index contributed by atoms with van der Waals surface area (Å²) in [6.07, 6.45) is 1.11. The number of amides is 1. The van der Waals surface area contributed by atoms with E-state index in [4.69, 9.17) is 4.42 Å². The molecule has 2 rings (SSSR count). The molecule has 0 fully saturated rings. The van der Waals surface area contributed by atoms with Crippen molar-refractivity contribution >= 4 is 17.2 Å². The third kappa shape index (κ3) is 4.41. The maximum absolute atomic E-state index is 11.9. The molecule has 1 atom stereocenters. The molecule has 0 aliphatic carbocycles. The predicted octanol–water partition coefficient (Wildman–Crippen LogP) is 2.53. The highest BCUT2D eigenvalue weighted by atomic mass is 32.1. The Kier molecular flexibility index (Phi) is 5.52. The highest BCUT2D eigenvalue weighted by molar-refractivity contribution is 7.13. The highest BCUT2D eigenvalue weighted by Crippen LogP contribution is 2.25. The zero-order chi connectivity index (χ0) is 15.2. The van der Waals surface area contributed by atoms with Crippen molar-refractivity contribution in [2.75, 3.05) is 6.54 Å². The average Bonchev–Trinajstić information content (AvgIpc) is 3.09. The first-order chi connectivity index (χ1) is 10.1. The summed E-state index contributed by atoms with van der Waals surface area (Å²) in [5.41, 5.74) is 0.659. The lowest BCUT2D eigenvalue weighted by molar-refractivity contribution is -0.120. The van der Waals surface area contributed by atoms with Gasteiger partial charge in [-0.15, -0.1) is 11.3 Å². The summed E-state index contributed by atoms with van der Waals surface area (Å²) in [7, 11) is 0. The zero-order valence-corrected chi connectivity index (χ0v) is 13.1. The smallest absolute Gasteiger partial charge is 0.236 e. The van der Waals surface area contributed by atoms with Gasteiger partial charge in [-0.1, -0.05) is 13.0 Å². The molecular weight excluding hydrogens is 288 g/mol. The molecular formula is C15H20N2O3S. The van der Waals surface area contributed by atoms with Gasteiger partial charge >= 0.3 is 0 Å². The third-order valence-corrected chi connectivity index (χ3v) is 4.08. The number of carbonyl (C=O) groups excluding carboxylic acids is 1. The van der Waals surface area contributed by atoms with E-state index in [1.807, 2.05) is 31.4 Å². The number of hydrogen-bond donors (Lipinski definition) is 2. The van der Waals surface area contributed by atoms with Crippen LogP contribution in [0.1, 0.15) is 31.2 Å². The molecule has 6 heteroatoms. The highest BCUT2D eigenvalue weighted by Gasteiger charge is 2.15. The second-order valence-electron chi connectivity index (χ2n) is 4.88. The SMILES string of the molecule is CCC(O)CCNC(=O)Cc1nc(-c2cccs2)oc1C. The lowest BCUT2D eigenvalue weighted by atomic mass is 10.2. The molecule has 2 heterocycles. The van der Waals surface area contributed by atoms with E-state index in [-0.39, 0.29) is 18.4 Å². The van der Waals surface area contributed by atoms with Crippen molar-refractivity contribution in [3.63, 3.8) is 0 Å². The van der Waals surface area contributed by atoms with Gasteiger partial charge in [0.15, 0.2) is 0 Å². The van der Waals surface area contributed by atoms with Gasteiger partial charge in [0.2, 0.25) is 11.8 Å². The van der Waals surface area contributed by atoms with Crippen LogP contribution in [0.4, 0.5) is 0 Å². The Bertz CT molecular complexity index is 578. The fourth-order valence-electron chi connectivity index (χ4n) is 1.89. The van der Waals surface area contributed by atoms with E-state index in [1.165, 1.54) is 0 Å². The number of nitrogens with one attached hydrogen (secondary N) is 1. The minimum absolute atomic E-state index is 0.104. The molecule has 21 heavy (non-hydrogen) atoms. The second-order valence-corrected chi connectivity index (χ2v) is 5.82. The molecule has 0 aromatic carbocycles. The molecule has 1 amide bonds. The summed E-state index contributed by atoms with van der Waals surface area (Å²) in [6.45, 7) is 4.20. The fourth-order valence-corrected chi connectivity index (χ4v) is 2.54. The van der Waals surface area contributed by atoms with Crippen molar-refractivity contribution in [1.82, 2.24) is 10.3 Å². The van der Waals surface area contributed by atoms with Crippen LogP contribution in [-0.4, -0.2) is 28.6 Å². The second kappa shape index (κ2) is 7.38. The quantitative estimate of drug-likeness (QED) is 0.824. The molecule has 0 aliphatic heterocycles. The average molecular weight is 308 g/mol. The minimum atomic E-state index is -0.357. The summed E-state index contributed by atoms with van der Waals surface area (Å²) in [4.78, 5) is 17.2. The monoisotopic (exact) mass is 308 g/mol. The van der Waals surface area contributed by atoms with Crippen LogP contribution in [0, 0.1) is 6.92 Å². The molecule has 114 valence electrons. The lowest BCUT2D eigenvalue weighted by Gasteiger charge is -2.08. The zero-order valence-electron chi connectivity index (χ0n) is 12.3. The molecule has 5 nitrogen and oxygen atoms in total. The summed E-state index contributed by atoms with van der Waals surface area (Å²) in [5, 5.41) is 14.2. The van der Waals surface area contributed by atoms with Crippen LogP contribution in [0.3, 0.4) is 0 Å². The van der Waals surface area contributed by atoms with E-state index in [2.05, 4.69) is 10.3 Å². The van der Waals surface area contributed by atoms with Crippen LogP contribution < -0.4 is 5.32 Å².